The standard InChI is InChI=1S/C21H18ClN3O5/c1-3-30-20(28)15-10-13(6-9-17(15)22)23-11-16-18(26)24-21(29)25(19(16)27)14-7-4-12(2)5-8-14/h4-11,27H,3H2,1-2H3,(H,24,26,29). The molecule has 9 heteroatoms. The summed E-state index contributed by atoms with van der Waals surface area (Å²) in [6.45, 7) is 3.74. The van der Waals surface area contributed by atoms with Gasteiger partial charge in [0, 0.05) is 6.21 Å². The Kier molecular flexibility index (Phi) is 6.17. The van der Waals surface area contributed by atoms with Crippen LogP contribution in [0.1, 0.15) is 28.4 Å². The number of aryl methyl sites for hydroxylation is 1. The number of carbonyl (C=O) groups excluding carboxylic acids is 1. The molecule has 0 amide bonds. The van der Waals surface area contributed by atoms with E-state index < -0.39 is 23.1 Å². The van der Waals surface area contributed by atoms with Crippen LogP contribution >= 0.6 is 11.6 Å². The molecule has 0 aliphatic heterocycles. The van der Waals surface area contributed by atoms with Crippen LogP contribution in [-0.4, -0.2) is 33.4 Å². The maximum absolute atomic E-state index is 12.2. The van der Waals surface area contributed by atoms with Gasteiger partial charge in [-0.05, 0) is 44.2 Å². The van der Waals surface area contributed by atoms with Gasteiger partial charge in [-0.3, -0.25) is 14.8 Å². The van der Waals surface area contributed by atoms with E-state index in [1.165, 1.54) is 18.2 Å². The summed E-state index contributed by atoms with van der Waals surface area (Å²) in [5.74, 6) is -1.16. The zero-order valence-corrected chi connectivity index (χ0v) is 16.9. The van der Waals surface area contributed by atoms with Crippen LogP contribution < -0.4 is 11.2 Å². The molecule has 0 atom stereocenters. The quantitative estimate of drug-likeness (QED) is 0.479. The van der Waals surface area contributed by atoms with E-state index in [0.717, 1.165) is 16.3 Å². The molecule has 0 radical (unpaired) electrons. The zero-order chi connectivity index (χ0) is 21.8. The molecule has 0 saturated carbocycles. The smallest absolute Gasteiger partial charge is 0.339 e. The van der Waals surface area contributed by atoms with Gasteiger partial charge in [0.15, 0.2) is 0 Å². The Hall–Kier alpha value is -3.65. The highest BCUT2D eigenvalue weighted by molar-refractivity contribution is 6.33. The van der Waals surface area contributed by atoms with Gasteiger partial charge in [0.1, 0.15) is 5.56 Å². The van der Waals surface area contributed by atoms with Crippen molar-refractivity contribution in [1.82, 2.24) is 9.55 Å². The molecule has 2 N–H and O–H groups in total. The molecule has 0 saturated heterocycles. The fourth-order valence-electron chi connectivity index (χ4n) is 2.69. The van der Waals surface area contributed by atoms with Crippen molar-refractivity contribution in [2.45, 2.75) is 13.8 Å². The summed E-state index contributed by atoms with van der Waals surface area (Å²) in [7, 11) is 0. The summed E-state index contributed by atoms with van der Waals surface area (Å²) in [6, 6.07) is 11.2. The normalized spacial score (nSPS) is 11.0. The molecule has 0 aliphatic rings. The predicted octanol–water partition coefficient (Wildman–Crippen LogP) is 3.12. The number of benzene rings is 2. The van der Waals surface area contributed by atoms with Crippen molar-refractivity contribution in [2.75, 3.05) is 6.61 Å². The van der Waals surface area contributed by atoms with Crippen molar-refractivity contribution in [1.29, 1.82) is 0 Å². The molecule has 3 aromatic rings. The molecule has 2 aromatic carbocycles. The fraction of sp³-hybridized carbons (Fsp3) is 0.143. The molecule has 1 heterocycles. The Balaban J connectivity index is 2.04. The van der Waals surface area contributed by atoms with E-state index in [9.17, 15) is 19.5 Å². The molecule has 0 fully saturated rings. The van der Waals surface area contributed by atoms with Crippen molar-refractivity contribution in [3.8, 4) is 11.6 Å². The number of rotatable bonds is 5. The van der Waals surface area contributed by atoms with Gasteiger partial charge >= 0.3 is 11.7 Å². The Morgan fingerprint density at radius 1 is 1.23 bits per heavy atom. The summed E-state index contributed by atoms with van der Waals surface area (Å²) in [5, 5.41) is 10.8. The number of nitrogens with zero attached hydrogens (tertiary/aromatic N) is 2. The lowest BCUT2D eigenvalue weighted by Gasteiger charge is -2.10. The Morgan fingerprint density at radius 3 is 2.60 bits per heavy atom. The van der Waals surface area contributed by atoms with Gasteiger partial charge in [-0.1, -0.05) is 29.3 Å². The highest BCUT2D eigenvalue weighted by atomic mass is 35.5. The minimum atomic E-state index is -0.802. The number of aromatic nitrogens is 2. The van der Waals surface area contributed by atoms with Crippen molar-refractivity contribution in [3.05, 3.63) is 85.0 Å². The molecular weight excluding hydrogens is 410 g/mol. The second-order valence-electron chi connectivity index (χ2n) is 6.31. The maximum Gasteiger partial charge on any atom is 0.339 e. The number of ether oxygens (including phenoxy) is 1. The summed E-state index contributed by atoms with van der Waals surface area (Å²) >= 11 is 6.03. The van der Waals surface area contributed by atoms with Gasteiger partial charge in [0.05, 0.1) is 28.6 Å². The van der Waals surface area contributed by atoms with Gasteiger partial charge < -0.3 is 9.84 Å². The highest BCUT2D eigenvalue weighted by Crippen LogP contribution is 2.24. The number of carbonyl (C=O) groups is 1. The molecule has 0 unspecified atom stereocenters. The molecule has 0 aliphatic carbocycles. The molecule has 0 bridgehead atoms. The third-order valence-electron chi connectivity index (χ3n) is 4.20. The first-order valence-electron chi connectivity index (χ1n) is 8.98. The molecule has 1 aromatic heterocycles. The number of esters is 1. The maximum atomic E-state index is 12.2. The highest BCUT2D eigenvalue weighted by Gasteiger charge is 2.15. The van der Waals surface area contributed by atoms with E-state index in [-0.39, 0.29) is 22.8 Å². The first kappa shape index (κ1) is 21.1. The van der Waals surface area contributed by atoms with Crippen molar-refractivity contribution in [2.24, 2.45) is 4.99 Å². The van der Waals surface area contributed by atoms with Gasteiger partial charge in [-0.15, -0.1) is 0 Å². The molecular formula is C21H18ClN3O5. The monoisotopic (exact) mass is 427 g/mol. The summed E-state index contributed by atoms with van der Waals surface area (Å²) in [4.78, 5) is 42.7. The average molecular weight is 428 g/mol. The van der Waals surface area contributed by atoms with Crippen LogP contribution in [0.4, 0.5) is 5.69 Å². The van der Waals surface area contributed by atoms with Crippen LogP contribution in [0.5, 0.6) is 5.88 Å². The fourth-order valence-corrected chi connectivity index (χ4v) is 2.88. The second kappa shape index (κ2) is 8.79. The molecule has 0 spiro atoms. The Morgan fingerprint density at radius 2 is 1.93 bits per heavy atom. The predicted molar refractivity (Wildman–Crippen MR) is 114 cm³/mol. The minimum absolute atomic E-state index is 0.121. The van der Waals surface area contributed by atoms with E-state index >= 15 is 0 Å². The van der Waals surface area contributed by atoms with Gasteiger partial charge in [0.2, 0.25) is 5.88 Å². The van der Waals surface area contributed by atoms with Crippen molar-refractivity contribution in [3.63, 3.8) is 0 Å². The Labute approximate surface area is 176 Å². The molecule has 8 nitrogen and oxygen atoms in total. The lowest BCUT2D eigenvalue weighted by atomic mass is 10.2. The summed E-state index contributed by atoms with van der Waals surface area (Å²) in [6.07, 6.45) is 1.11. The zero-order valence-electron chi connectivity index (χ0n) is 16.2. The van der Waals surface area contributed by atoms with Crippen molar-refractivity contribution >= 4 is 29.5 Å². The van der Waals surface area contributed by atoms with E-state index in [2.05, 4.69) is 9.98 Å². The largest absolute Gasteiger partial charge is 0.493 e. The van der Waals surface area contributed by atoms with Crippen LogP contribution in [0.2, 0.25) is 5.02 Å². The van der Waals surface area contributed by atoms with Gasteiger partial charge in [0.25, 0.3) is 5.56 Å². The van der Waals surface area contributed by atoms with Crippen LogP contribution in [0.15, 0.2) is 57.0 Å². The number of hydrogen-bond acceptors (Lipinski definition) is 6. The number of aromatic amines is 1. The van der Waals surface area contributed by atoms with Crippen LogP contribution in [0, 0.1) is 6.92 Å². The van der Waals surface area contributed by atoms with E-state index in [4.69, 9.17) is 16.3 Å². The van der Waals surface area contributed by atoms with Crippen LogP contribution in [-0.2, 0) is 4.74 Å². The lowest BCUT2D eigenvalue weighted by Crippen LogP contribution is -2.31. The topological polar surface area (TPSA) is 114 Å². The minimum Gasteiger partial charge on any atom is -0.493 e. The first-order valence-corrected chi connectivity index (χ1v) is 9.35. The number of H-pyrrole nitrogens is 1. The third kappa shape index (κ3) is 4.33. The second-order valence-corrected chi connectivity index (χ2v) is 6.72. The number of nitrogens with one attached hydrogen (secondary N) is 1. The van der Waals surface area contributed by atoms with E-state index in [0.29, 0.717) is 11.4 Å². The summed E-state index contributed by atoms with van der Waals surface area (Å²) in [5.41, 5.74) is -0.0328. The van der Waals surface area contributed by atoms with Gasteiger partial charge in [-0.25, -0.2) is 14.2 Å². The number of aliphatic imine (C=N–C) groups is 1. The number of hydrogen-bond donors (Lipinski definition) is 2. The third-order valence-corrected chi connectivity index (χ3v) is 4.53. The molecule has 30 heavy (non-hydrogen) atoms. The summed E-state index contributed by atoms with van der Waals surface area (Å²) < 4.78 is 5.91. The van der Waals surface area contributed by atoms with Crippen LogP contribution in [0.25, 0.3) is 5.69 Å². The number of halogens is 1. The van der Waals surface area contributed by atoms with E-state index in [1.54, 1.807) is 31.2 Å². The number of aromatic hydroxyl groups is 1. The van der Waals surface area contributed by atoms with E-state index in [1.807, 2.05) is 6.92 Å². The average Bonchev–Trinajstić information content (AvgIpc) is 2.70. The molecule has 154 valence electrons. The lowest BCUT2D eigenvalue weighted by molar-refractivity contribution is 0.0526. The van der Waals surface area contributed by atoms with Crippen LogP contribution in [0.3, 0.4) is 0 Å². The molecule has 3 rings (SSSR count). The Bertz CT molecular complexity index is 1240. The van der Waals surface area contributed by atoms with Crippen molar-refractivity contribution < 1.29 is 14.6 Å². The van der Waals surface area contributed by atoms with Gasteiger partial charge in [-0.2, -0.15) is 0 Å². The first-order chi connectivity index (χ1) is 14.3. The SMILES string of the molecule is CCOC(=O)c1cc(N=Cc2c(O)n(-c3ccc(C)cc3)c(=O)[nH]c2=O)ccc1Cl.